The van der Waals surface area contributed by atoms with Crippen LogP contribution in [0.2, 0.25) is 0 Å². The fourth-order valence-electron chi connectivity index (χ4n) is 9.17. The molecule has 0 saturated carbocycles. The zero-order valence-electron chi connectivity index (χ0n) is 76.6. The van der Waals surface area contributed by atoms with Gasteiger partial charge in [0, 0.05) is 235 Å². The van der Waals surface area contributed by atoms with E-state index in [4.69, 9.17) is 112 Å². The Hall–Kier alpha value is -13.7. The third-order valence-electron chi connectivity index (χ3n) is 16.1. The maximum absolute atomic E-state index is 12.6. The number of hydrogen-bond donors (Lipinski definition) is 27. The fraction of sp³-hybridized carbons (Fsp3) is 0.585. The van der Waals surface area contributed by atoms with Crippen molar-refractivity contribution in [2.75, 3.05) is 296 Å². The van der Waals surface area contributed by atoms with Crippen molar-refractivity contribution in [3.63, 3.8) is 0 Å². The number of H-pyrrole nitrogens is 13. The molecular formula is C65H132FN53O11S3. The lowest BCUT2D eigenvalue weighted by Gasteiger charge is -2.20. The van der Waals surface area contributed by atoms with Crippen LogP contribution >= 0.6 is 36.7 Å². The van der Waals surface area contributed by atoms with E-state index in [1.807, 2.05) is 97.6 Å². The van der Waals surface area contributed by atoms with Crippen molar-refractivity contribution in [2.24, 2.45) is 68.8 Å². The third-order valence-corrected chi connectivity index (χ3v) is 16.8. The summed E-state index contributed by atoms with van der Waals surface area (Å²) in [5.74, 6) is 5.70. The SMILES string of the molecule is CN(CCN)C1NC(=O)NC1=O.CN(CCN)c1c[nH]oc1=O.CN(CCN)c1cc(=O)o[nH]1.CN(CCN)c1cn[nH]n1.CN(CCN)c1cn[nH]n1.CN(CCN)c1n[nH][nH]c1=S.CN(CCN)c1n[nH]c(=O)[nH]1.CN(CCN)c1n[nH]nc1F.CN(CCN)c1nc(=S)[nH][nH]1.CN(CCN)c1nc(=S)o[nH]1.CN(CCN)c1ncno1.Cc1nc(N(C)CCN)n[nH]1.O=C=O. The molecule has 0 bridgehead atoms. The topological polar surface area (TPSA) is 933 Å². The molecule has 0 spiro atoms. The van der Waals surface area contributed by atoms with Crippen LogP contribution in [-0.2, 0) is 14.4 Å². The predicted molar refractivity (Wildman–Crippen MR) is 504 cm³/mol. The second-order valence-electron chi connectivity index (χ2n) is 26.6. The summed E-state index contributed by atoms with van der Waals surface area (Å²) in [4.78, 5) is 110. The number of carbonyl (C=O) groups is 2. The van der Waals surface area contributed by atoms with Crippen LogP contribution in [0.4, 0.5) is 73.8 Å². The summed E-state index contributed by atoms with van der Waals surface area (Å²) in [5.41, 5.74) is 63.3. The number of rotatable bonds is 36. The zero-order valence-corrected chi connectivity index (χ0v) is 79.0. The number of halogens is 1. The van der Waals surface area contributed by atoms with Gasteiger partial charge in [-0.05, 0) is 38.4 Å². The molecule has 68 heteroatoms. The van der Waals surface area contributed by atoms with Gasteiger partial charge in [-0.15, -0.1) is 35.7 Å². The number of nitrogens with two attached hydrogens (primary N) is 12. The average Bonchev–Trinajstić information content (AvgIpc) is 1.73. The lowest BCUT2D eigenvalue weighted by atomic mass is 10.4. The number of likely N-dealkylation sites (N-methyl/N-ethyl adjacent to an activating group) is 12. The molecule has 3 amide bonds. The standard InChI is InChI=1S/C6H13N5.C6H12N4O2.2C6H11N3O2.C5H10FN5.C5H11N5O.2C5H11N5S.2C5H11N5.C5H10N4OS.C5H10N4O.CO2/c1-5-8-6(10-9-5)11(2)4-3-7;1-10(3-2-7)4-5(11)9-6(12)8-4;1-9(3-2-7)5-4-8-11-6(5)10;1-9(3-2-7)5-4-6(10)11-8-5;1-11(3-2-7)5-4(6)8-10-9-5;2*1-10(3-2-6)4-7-5(11)9-8-4;1-10(3-2-6)4-5(11)8-9-7-4;2*1-10(3-2-6)5-4-7-9-8-5;1-9(3-2-6)4-7-5(11)10-8-4;1-9(3-2-6)5-7-4-8-10-5;2-1-3/h3-4,7H2,1-2H3,(H,8,9,10);4H,2-3,7H2,1H3,(H2,8,9,11,12);2*4,8H,2-3,7H2,1H3;2-3,7H2,1H3,(H,8,9,10);3*2-3,6H2,1H3,(H2,7,8,9,11);2*4H,2-3,6H2,1H3,(H,7,8,9);2-3,6H2,1H3,(H,7,8,11);4H,2-3,6H2,1H3;. The van der Waals surface area contributed by atoms with Gasteiger partial charge in [0.15, 0.2) is 34.6 Å². The minimum atomic E-state index is -0.596. The summed E-state index contributed by atoms with van der Waals surface area (Å²) in [5, 5.41) is 72.0. The molecule has 12 rings (SSSR count). The summed E-state index contributed by atoms with van der Waals surface area (Å²) in [7, 11) is 22.1. The average molecular weight is 1950 g/mol. The Morgan fingerprint density at radius 3 is 1.37 bits per heavy atom. The number of aromatic amines is 13. The van der Waals surface area contributed by atoms with Crippen molar-refractivity contribution in [1.29, 1.82) is 0 Å². The monoisotopic (exact) mass is 1950 g/mol. The van der Waals surface area contributed by atoms with Crippen LogP contribution in [0.15, 0.2) is 63.5 Å². The Labute approximate surface area is 776 Å². The summed E-state index contributed by atoms with van der Waals surface area (Å²) in [6, 6.07) is 1.44. The molecule has 39 N–H and O–H groups in total. The summed E-state index contributed by atoms with van der Waals surface area (Å²) in [6.07, 6.45) is 5.88. The molecule has 64 nitrogen and oxygen atoms in total. The highest BCUT2D eigenvalue weighted by Crippen LogP contribution is 2.12. The third kappa shape index (κ3) is 50.3. The van der Waals surface area contributed by atoms with E-state index in [0.29, 0.717) is 156 Å². The number of nitrogens with one attached hydrogen (secondary N) is 15. The molecule has 0 radical (unpaired) electrons. The van der Waals surface area contributed by atoms with Crippen LogP contribution in [-0.4, -0.2) is 409 Å². The van der Waals surface area contributed by atoms with Crippen molar-refractivity contribution in [2.45, 2.75) is 13.1 Å². The number of aromatic nitrogens is 27. The fourth-order valence-corrected chi connectivity index (χ4v) is 9.68. The second kappa shape index (κ2) is 71.1. The number of urea groups is 1. The van der Waals surface area contributed by atoms with Gasteiger partial charge in [-0.1, -0.05) is 17.4 Å². The molecule has 1 saturated heterocycles. The normalized spacial score (nSPS) is 11.0. The van der Waals surface area contributed by atoms with Crippen molar-refractivity contribution in [3.8, 4) is 0 Å². The quantitative estimate of drug-likeness (QED) is 0.0128. The highest BCUT2D eigenvalue weighted by Gasteiger charge is 2.32. The van der Waals surface area contributed by atoms with E-state index < -0.39 is 18.1 Å². The van der Waals surface area contributed by atoms with Gasteiger partial charge < -0.3 is 146 Å². The Morgan fingerprint density at radius 1 is 0.481 bits per heavy atom. The molecule has 1 aliphatic rings. The van der Waals surface area contributed by atoms with E-state index in [1.54, 1.807) is 65.1 Å². The van der Waals surface area contributed by atoms with E-state index in [1.165, 1.54) is 18.6 Å². The molecule has 1 unspecified atom stereocenters. The van der Waals surface area contributed by atoms with Crippen LogP contribution < -0.4 is 150 Å². The predicted octanol–water partition coefficient (Wildman–Crippen LogP) is -8.76. The van der Waals surface area contributed by atoms with E-state index in [0.717, 1.165) is 75.0 Å². The van der Waals surface area contributed by atoms with Crippen LogP contribution in [0.3, 0.4) is 0 Å². The van der Waals surface area contributed by atoms with Crippen LogP contribution in [0.1, 0.15) is 5.82 Å². The first kappa shape index (κ1) is 119. The number of amides is 3. The van der Waals surface area contributed by atoms with Gasteiger partial charge >= 0.3 is 40.0 Å². The minimum Gasteiger partial charge on any atom is -0.366 e. The van der Waals surface area contributed by atoms with Gasteiger partial charge in [-0.25, -0.2) is 39.8 Å². The van der Waals surface area contributed by atoms with E-state index >= 15 is 0 Å². The molecule has 0 aromatic carbocycles. The first-order valence-corrected chi connectivity index (χ1v) is 41.1. The smallest absolute Gasteiger partial charge is 0.366 e. The zero-order chi connectivity index (χ0) is 100. The number of aryl methyl sites for hydroxylation is 1. The summed E-state index contributed by atoms with van der Waals surface area (Å²) >= 11 is 14.4. The number of nitrogens with zero attached hydrogens (tertiary/aromatic N) is 26. The molecule has 1 fully saturated rings. The summed E-state index contributed by atoms with van der Waals surface area (Å²) < 4.78 is 32.1. The maximum atomic E-state index is 12.6. The molecule has 1 aliphatic heterocycles. The molecular weight excluding hydrogens is 1810 g/mol. The van der Waals surface area contributed by atoms with Gasteiger partial charge in [-0.3, -0.25) is 40.4 Å². The Bertz CT molecular complexity index is 4660. The second-order valence-corrected chi connectivity index (χ2v) is 27.7. The Morgan fingerprint density at radius 2 is 0.977 bits per heavy atom. The maximum Gasteiger partial charge on any atom is 0.380 e. The van der Waals surface area contributed by atoms with Crippen molar-refractivity contribution >= 4 is 119 Å². The van der Waals surface area contributed by atoms with Gasteiger partial charge in [0.25, 0.3) is 11.9 Å². The molecule has 748 valence electrons. The van der Waals surface area contributed by atoms with Gasteiger partial charge in [0.2, 0.25) is 34.4 Å². The van der Waals surface area contributed by atoms with Gasteiger partial charge in [-0.2, -0.15) is 64.9 Å². The molecule has 11 aromatic rings. The molecule has 11 aromatic heterocycles. The first-order valence-electron chi connectivity index (χ1n) is 39.9. The van der Waals surface area contributed by atoms with Gasteiger partial charge in [0.05, 0.1) is 24.7 Å². The largest absolute Gasteiger partial charge is 0.380 e. The number of imide groups is 1. The molecule has 1 atom stereocenters. The molecule has 133 heavy (non-hydrogen) atoms. The van der Waals surface area contributed by atoms with Crippen LogP contribution in [0.5, 0.6) is 0 Å². The number of carbonyl (C=O) groups excluding carboxylic acids is 4. The van der Waals surface area contributed by atoms with E-state index in [9.17, 15) is 28.4 Å². The van der Waals surface area contributed by atoms with Crippen molar-refractivity contribution in [3.05, 3.63) is 88.3 Å². The number of hydrogen-bond acceptors (Lipinski definition) is 52. The highest BCUT2D eigenvalue weighted by atomic mass is 32.1. The van der Waals surface area contributed by atoms with Crippen LogP contribution in [0.25, 0.3) is 0 Å². The Kier molecular flexibility index (Phi) is 63.7. The van der Waals surface area contributed by atoms with Crippen LogP contribution in [0, 0.1) is 27.1 Å². The lowest BCUT2D eigenvalue weighted by molar-refractivity contribution is -0.191. The van der Waals surface area contributed by atoms with E-state index in [-0.39, 0.29) is 39.7 Å². The van der Waals surface area contributed by atoms with Gasteiger partial charge in [0.1, 0.15) is 17.3 Å². The van der Waals surface area contributed by atoms with Crippen molar-refractivity contribution < 1.29 is 41.7 Å². The Balaban J connectivity index is 0.00000143. The lowest BCUT2D eigenvalue weighted by Crippen LogP contribution is -2.46. The minimum absolute atomic E-state index is 0.204. The van der Waals surface area contributed by atoms with Crippen molar-refractivity contribution in [1.82, 2.24) is 153 Å². The highest BCUT2D eigenvalue weighted by molar-refractivity contribution is 7.71. The molecule has 12 heterocycles. The molecule has 0 aliphatic carbocycles. The van der Waals surface area contributed by atoms with E-state index in [2.05, 4.69) is 170 Å². The summed E-state index contributed by atoms with van der Waals surface area (Å²) in [6.45, 7) is 17.1. The number of anilines is 11. The first-order chi connectivity index (χ1) is 63.5.